The summed E-state index contributed by atoms with van der Waals surface area (Å²) in [4.78, 5) is 2.61. The SMILES string of the molecule is CCC1CCC(N(C)C(CN)C(CC)CC)CC1. The molecular weight excluding hydrogens is 220 g/mol. The van der Waals surface area contributed by atoms with Crippen LogP contribution in [0.15, 0.2) is 0 Å². The maximum atomic E-state index is 6.04. The van der Waals surface area contributed by atoms with Crippen LogP contribution in [0.5, 0.6) is 0 Å². The second kappa shape index (κ2) is 8.16. The Labute approximate surface area is 114 Å². The third-order valence-electron chi connectivity index (χ3n) is 5.33. The quantitative estimate of drug-likeness (QED) is 0.751. The van der Waals surface area contributed by atoms with Crippen molar-refractivity contribution in [3.63, 3.8) is 0 Å². The summed E-state index contributed by atoms with van der Waals surface area (Å²) in [5, 5.41) is 0. The van der Waals surface area contributed by atoms with Crippen LogP contribution < -0.4 is 5.73 Å². The van der Waals surface area contributed by atoms with Gasteiger partial charge in [0.05, 0.1) is 0 Å². The Morgan fingerprint density at radius 1 is 1.06 bits per heavy atom. The monoisotopic (exact) mass is 254 g/mol. The average molecular weight is 254 g/mol. The Morgan fingerprint density at radius 3 is 2.00 bits per heavy atom. The molecule has 0 aromatic rings. The molecule has 0 radical (unpaired) electrons. The van der Waals surface area contributed by atoms with E-state index in [0.29, 0.717) is 6.04 Å². The number of rotatable bonds is 7. The Morgan fingerprint density at radius 2 is 1.61 bits per heavy atom. The van der Waals surface area contributed by atoms with E-state index < -0.39 is 0 Å². The number of hydrogen-bond acceptors (Lipinski definition) is 2. The normalized spacial score (nSPS) is 26.8. The molecule has 2 nitrogen and oxygen atoms in total. The minimum atomic E-state index is 0.586. The largest absolute Gasteiger partial charge is 0.329 e. The molecule has 0 aliphatic heterocycles. The Hall–Kier alpha value is -0.0800. The molecule has 1 atom stereocenters. The summed E-state index contributed by atoms with van der Waals surface area (Å²) in [5.74, 6) is 1.75. The standard InChI is InChI=1S/C16H34N2/c1-5-13-8-10-15(11-9-13)18(4)16(12-17)14(6-2)7-3/h13-16H,5-12,17H2,1-4H3. The number of nitrogens with two attached hydrogens (primary N) is 1. The molecule has 1 saturated carbocycles. The van der Waals surface area contributed by atoms with Gasteiger partial charge in [0.25, 0.3) is 0 Å². The number of likely N-dealkylation sites (N-methyl/N-ethyl adjacent to an activating group) is 1. The summed E-state index contributed by atoms with van der Waals surface area (Å²) in [5.41, 5.74) is 6.04. The second-order valence-corrected chi connectivity index (χ2v) is 6.13. The Bertz CT molecular complexity index is 205. The predicted molar refractivity (Wildman–Crippen MR) is 80.7 cm³/mol. The van der Waals surface area contributed by atoms with Crippen molar-refractivity contribution >= 4 is 0 Å². The van der Waals surface area contributed by atoms with Gasteiger partial charge in [-0.05, 0) is 44.6 Å². The fourth-order valence-electron chi connectivity index (χ4n) is 3.76. The molecule has 1 aliphatic rings. The van der Waals surface area contributed by atoms with E-state index in [-0.39, 0.29) is 0 Å². The van der Waals surface area contributed by atoms with Crippen LogP contribution in [0, 0.1) is 11.8 Å². The lowest BCUT2D eigenvalue weighted by Crippen LogP contribution is -2.49. The molecule has 18 heavy (non-hydrogen) atoms. The number of hydrogen-bond donors (Lipinski definition) is 1. The molecule has 108 valence electrons. The van der Waals surface area contributed by atoms with Crippen LogP contribution in [0.1, 0.15) is 65.7 Å². The van der Waals surface area contributed by atoms with Crippen molar-refractivity contribution in [3.8, 4) is 0 Å². The lowest BCUT2D eigenvalue weighted by atomic mass is 9.82. The molecule has 1 fully saturated rings. The molecule has 1 rings (SSSR count). The van der Waals surface area contributed by atoms with E-state index in [2.05, 4.69) is 32.7 Å². The van der Waals surface area contributed by atoms with E-state index in [4.69, 9.17) is 5.73 Å². The third-order valence-corrected chi connectivity index (χ3v) is 5.33. The van der Waals surface area contributed by atoms with Crippen LogP contribution >= 0.6 is 0 Å². The van der Waals surface area contributed by atoms with Gasteiger partial charge in [0.15, 0.2) is 0 Å². The zero-order valence-electron chi connectivity index (χ0n) is 13.0. The average Bonchev–Trinajstić information content (AvgIpc) is 2.44. The van der Waals surface area contributed by atoms with Crippen molar-refractivity contribution in [2.75, 3.05) is 13.6 Å². The minimum Gasteiger partial charge on any atom is -0.329 e. The van der Waals surface area contributed by atoms with Gasteiger partial charge in [-0.2, -0.15) is 0 Å². The van der Waals surface area contributed by atoms with Gasteiger partial charge in [-0.1, -0.05) is 40.0 Å². The summed E-state index contributed by atoms with van der Waals surface area (Å²) in [6.45, 7) is 7.76. The molecular formula is C16H34N2. The maximum Gasteiger partial charge on any atom is 0.0246 e. The maximum absolute atomic E-state index is 6.04. The van der Waals surface area contributed by atoms with Gasteiger partial charge in [0.2, 0.25) is 0 Å². The van der Waals surface area contributed by atoms with Crippen LogP contribution in [0.25, 0.3) is 0 Å². The van der Waals surface area contributed by atoms with Gasteiger partial charge in [0.1, 0.15) is 0 Å². The van der Waals surface area contributed by atoms with E-state index in [1.807, 2.05) is 0 Å². The van der Waals surface area contributed by atoms with Crippen LogP contribution in [-0.2, 0) is 0 Å². The lowest BCUT2D eigenvalue weighted by molar-refractivity contribution is 0.0864. The van der Waals surface area contributed by atoms with Crippen LogP contribution in [0.4, 0.5) is 0 Å². The van der Waals surface area contributed by atoms with E-state index in [1.165, 1.54) is 44.9 Å². The molecule has 0 heterocycles. The topological polar surface area (TPSA) is 29.3 Å². The second-order valence-electron chi connectivity index (χ2n) is 6.13. The summed E-state index contributed by atoms with van der Waals surface area (Å²) in [6, 6.07) is 1.37. The zero-order valence-corrected chi connectivity index (χ0v) is 13.0. The van der Waals surface area contributed by atoms with Crippen molar-refractivity contribution in [1.82, 2.24) is 4.90 Å². The molecule has 0 aromatic carbocycles. The van der Waals surface area contributed by atoms with Gasteiger partial charge in [-0.15, -0.1) is 0 Å². The smallest absolute Gasteiger partial charge is 0.0246 e. The summed E-state index contributed by atoms with van der Waals surface area (Å²) >= 11 is 0. The van der Waals surface area contributed by atoms with Crippen molar-refractivity contribution in [2.24, 2.45) is 17.6 Å². The molecule has 0 amide bonds. The first-order valence-corrected chi connectivity index (χ1v) is 8.09. The molecule has 2 N–H and O–H groups in total. The van der Waals surface area contributed by atoms with Crippen molar-refractivity contribution in [2.45, 2.75) is 77.8 Å². The zero-order chi connectivity index (χ0) is 13.5. The molecule has 0 saturated heterocycles. The van der Waals surface area contributed by atoms with Crippen molar-refractivity contribution < 1.29 is 0 Å². The van der Waals surface area contributed by atoms with Crippen LogP contribution in [0.3, 0.4) is 0 Å². The summed E-state index contributed by atoms with van der Waals surface area (Å²) in [6.07, 6.45) is 9.48. The molecule has 0 bridgehead atoms. The molecule has 2 heteroatoms. The lowest BCUT2D eigenvalue weighted by Gasteiger charge is -2.41. The van der Waals surface area contributed by atoms with Gasteiger partial charge in [-0.3, -0.25) is 4.90 Å². The van der Waals surface area contributed by atoms with Gasteiger partial charge in [-0.25, -0.2) is 0 Å². The van der Waals surface area contributed by atoms with E-state index >= 15 is 0 Å². The minimum absolute atomic E-state index is 0.586. The molecule has 1 aliphatic carbocycles. The van der Waals surface area contributed by atoms with E-state index in [1.54, 1.807) is 0 Å². The van der Waals surface area contributed by atoms with Gasteiger partial charge >= 0.3 is 0 Å². The first-order valence-electron chi connectivity index (χ1n) is 8.09. The molecule has 0 aromatic heterocycles. The van der Waals surface area contributed by atoms with Crippen molar-refractivity contribution in [3.05, 3.63) is 0 Å². The highest BCUT2D eigenvalue weighted by Crippen LogP contribution is 2.31. The highest BCUT2D eigenvalue weighted by atomic mass is 15.2. The van der Waals surface area contributed by atoms with Crippen LogP contribution in [-0.4, -0.2) is 30.6 Å². The Kier molecular flexibility index (Phi) is 7.25. The summed E-state index contributed by atoms with van der Waals surface area (Å²) in [7, 11) is 2.31. The fourth-order valence-corrected chi connectivity index (χ4v) is 3.76. The Balaban J connectivity index is 2.53. The van der Waals surface area contributed by atoms with Gasteiger partial charge in [0, 0.05) is 18.6 Å². The number of nitrogens with zero attached hydrogens (tertiary/aromatic N) is 1. The van der Waals surface area contributed by atoms with Crippen LogP contribution in [0.2, 0.25) is 0 Å². The first-order chi connectivity index (χ1) is 8.67. The molecule has 1 unspecified atom stereocenters. The van der Waals surface area contributed by atoms with Crippen molar-refractivity contribution in [1.29, 1.82) is 0 Å². The highest BCUT2D eigenvalue weighted by Gasteiger charge is 2.29. The summed E-state index contributed by atoms with van der Waals surface area (Å²) < 4.78 is 0. The van der Waals surface area contributed by atoms with E-state index in [9.17, 15) is 0 Å². The highest BCUT2D eigenvalue weighted by molar-refractivity contribution is 4.85. The van der Waals surface area contributed by atoms with E-state index in [0.717, 1.165) is 24.4 Å². The van der Waals surface area contributed by atoms with Gasteiger partial charge < -0.3 is 5.73 Å². The predicted octanol–water partition coefficient (Wildman–Crippen LogP) is 3.65. The molecule has 0 spiro atoms. The third kappa shape index (κ3) is 3.96. The fraction of sp³-hybridized carbons (Fsp3) is 1.00. The first kappa shape index (κ1) is 16.0.